The zero-order valence-corrected chi connectivity index (χ0v) is 12.6. The van der Waals surface area contributed by atoms with Crippen LogP contribution < -0.4 is 10.6 Å². The fraction of sp³-hybridized carbons (Fsp3) is 0.467. The molecule has 21 heavy (non-hydrogen) atoms. The van der Waals surface area contributed by atoms with Crippen molar-refractivity contribution in [2.75, 3.05) is 11.9 Å². The van der Waals surface area contributed by atoms with Crippen LogP contribution in [0.3, 0.4) is 0 Å². The SMILES string of the molecule is CC(O)CCNC(=O)Nc1ccc2nn(C(C)C)cc2c1. The molecule has 1 aromatic heterocycles. The fourth-order valence-electron chi connectivity index (χ4n) is 1.96. The van der Waals surface area contributed by atoms with E-state index in [0.29, 0.717) is 19.0 Å². The van der Waals surface area contributed by atoms with Crippen LogP contribution in [0.1, 0.15) is 33.2 Å². The number of fused-ring (bicyclic) bond motifs is 1. The number of anilines is 1. The van der Waals surface area contributed by atoms with Gasteiger partial charge in [0, 0.05) is 29.9 Å². The van der Waals surface area contributed by atoms with Crippen molar-refractivity contribution in [2.24, 2.45) is 0 Å². The van der Waals surface area contributed by atoms with E-state index in [1.165, 1.54) is 0 Å². The Morgan fingerprint density at radius 2 is 2.14 bits per heavy atom. The average molecular weight is 290 g/mol. The van der Waals surface area contributed by atoms with Crippen molar-refractivity contribution in [3.63, 3.8) is 0 Å². The first-order valence-corrected chi connectivity index (χ1v) is 7.17. The van der Waals surface area contributed by atoms with Crippen molar-refractivity contribution < 1.29 is 9.90 Å². The maximum absolute atomic E-state index is 11.7. The van der Waals surface area contributed by atoms with Crippen molar-refractivity contribution in [3.8, 4) is 0 Å². The van der Waals surface area contributed by atoms with E-state index in [1.54, 1.807) is 6.92 Å². The number of nitrogens with one attached hydrogen (secondary N) is 2. The van der Waals surface area contributed by atoms with Gasteiger partial charge in [-0.25, -0.2) is 4.79 Å². The molecule has 6 nitrogen and oxygen atoms in total. The summed E-state index contributed by atoms with van der Waals surface area (Å²) in [6.07, 6.45) is 2.09. The molecule has 1 atom stereocenters. The predicted octanol–water partition coefficient (Wildman–Crippen LogP) is 2.51. The van der Waals surface area contributed by atoms with Crippen molar-refractivity contribution in [3.05, 3.63) is 24.4 Å². The predicted molar refractivity (Wildman–Crippen MR) is 83.4 cm³/mol. The van der Waals surface area contributed by atoms with Crippen LogP contribution in [0.15, 0.2) is 24.4 Å². The molecule has 114 valence electrons. The molecule has 0 bridgehead atoms. The van der Waals surface area contributed by atoms with E-state index in [2.05, 4.69) is 29.6 Å². The van der Waals surface area contributed by atoms with Crippen LogP contribution >= 0.6 is 0 Å². The molecule has 0 aliphatic rings. The van der Waals surface area contributed by atoms with Crippen LogP contribution in [-0.2, 0) is 0 Å². The van der Waals surface area contributed by atoms with E-state index in [4.69, 9.17) is 5.11 Å². The highest BCUT2D eigenvalue weighted by Gasteiger charge is 2.06. The third-order valence-electron chi connectivity index (χ3n) is 3.16. The number of aliphatic hydroxyl groups excluding tert-OH is 1. The monoisotopic (exact) mass is 290 g/mol. The van der Waals surface area contributed by atoms with Gasteiger partial charge in [0.05, 0.1) is 11.6 Å². The number of nitrogens with zero attached hydrogens (tertiary/aromatic N) is 2. The van der Waals surface area contributed by atoms with Gasteiger partial charge in [-0.05, 0) is 45.4 Å². The Kier molecular flexibility index (Phi) is 4.80. The lowest BCUT2D eigenvalue weighted by Gasteiger charge is -2.08. The second-order valence-corrected chi connectivity index (χ2v) is 5.50. The summed E-state index contributed by atoms with van der Waals surface area (Å²) in [7, 11) is 0. The second kappa shape index (κ2) is 6.58. The highest BCUT2D eigenvalue weighted by atomic mass is 16.3. The Morgan fingerprint density at radius 1 is 1.38 bits per heavy atom. The number of benzene rings is 1. The van der Waals surface area contributed by atoms with Gasteiger partial charge in [0.1, 0.15) is 0 Å². The lowest BCUT2D eigenvalue weighted by atomic mass is 10.2. The number of hydrogen-bond donors (Lipinski definition) is 3. The summed E-state index contributed by atoms with van der Waals surface area (Å²) in [4.78, 5) is 11.7. The van der Waals surface area contributed by atoms with Gasteiger partial charge in [-0.1, -0.05) is 0 Å². The summed E-state index contributed by atoms with van der Waals surface area (Å²) in [5.41, 5.74) is 1.63. The largest absolute Gasteiger partial charge is 0.393 e. The van der Waals surface area contributed by atoms with Gasteiger partial charge in [-0.3, -0.25) is 4.68 Å². The summed E-state index contributed by atoms with van der Waals surface area (Å²) in [6, 6.07) is 5.65. The third-order valence-corrected chi connectivity index (χ3v) is 3.16. The molecule has 1 unspecified atom stereocenters. The number of hydrogen-bond acceptors (Lipinski definition) is 3. The van der Waals surface area contributed by atoms with Gasteiger partial charge in [-0.15, -0.1) is 0 Å². The van der Waals surface area contributed by atoms with Gasteiger partial charge in [0.15, 0.2) is 0 Å². The zero-order chi connectivity index (χ0) is 15.4. The zero-order valence-electron chi connectivity index (χ0n) is 12.6. The van der Waals surface area contributed by atoms with E-state index in [-0.39, 0.29) is 6.03 Å². The molecule has 0 saturated heterocycles. The number of urea groups is 1. The van der Waals surface area contributed by atoms with Crippen LogP contribution in [0.5, 0.6) is 0 Å². The molecule has 0 fully saturated rings. The summed E-state index contributed by atoms with van der Waals surface area (Å²) in [5, 5.41) is 20.1. The minimum Gasteiger partial charge on any atom is -0.393 e. The normalized spacial score (nSPS) is 12.6. The highest BCUT2D eigenvalue weighted by Crippen LogP contribution is 2.19. The molecule has 0 aliphatic carbocycles. The summed E-state index contributed by atoms with van der Waals surface area (Å²) < 4.78 is 1.90. The Labute approximate surface area is 124 Å². The van der Waals surface area contributed by atoms with E-state index >= 15 is 0 Å². The topological polar surface area (TPSA) is 79.2 Å². The summed E-state index contributed by atoms with van der Waals surface area (Å²) >= 11 is 0. The first-order valence-electron chi connectivity index (χ1n) is 7.17. The van der Waals surface area contributed by atoms with Crippen molar-refractivity contribution in [2.45, 2.75) is 39.3 Å². The van der Waals surface area contributed by atoms with Crippen LogP contribution in [-0.4, -0.2) is 33.6 Å². The molecule has 2 amide bonds. The Bertz CT molecular complexity index is 619. The quantitative estimate of drug-likeness (QED) is 0.791. The molecule has 0 spiro atoms. The van der Waals surface area contributed by atoms with E-state index in [9.17, 15) is 4.79 Å². The van der Waals surface area contributed by atoms with E-state index in [1.807, 2.05) is 29.1 Å². The Morgan fingerprint density at radius 3 is 2.81 bits per heavy atom. The maximum atomic E-state index is 11.7. The van der Waals surface area contributed by atoms with Crippen LogP contribution in [0.2, 0.25) is 0 Å². The maximum Gasteiger partial charge on any atom is 0.319 e. The molecule has 0 saturated carbocycles. The summed E-state index contributed by atoms with van der Waals surface area (Å²) in [5.74, 6) is 0. The van der Waals surface area contributed by atoms with Gasteiger partial charge in [0.2, 0.25) is 0 Å². The number of carbonyl (C=O) groups excluding carboxylic acids is 1. The lowest BCUT2D eigenvalue weighted by molar-refractivity contribution is 0.184. The molecular weight excluding hydrogens is 268 g/mol. The number of carbonyl (C=O) groups is 1. The minimum atomic E-state index is -0.413. The number of amides is 2. The van der Waals surface area contributed by atoms with Gasteiger partial charge in [-0.2, -0.15) is 5.10 Å². The van der Waals surface area contributed by atoms with Crippen LogP contribution in [0, 0.1) is 0 Å². The highest BCUT2D eigenvalue weighted by molar-refractivity contribution is 5.92. The molecule has 2 rings (SSSR count). The molecular formula is C15H22N4O2. The smallest absolute Gasteiger partial charge is 0.319 e. The van der Waals surface area contributed by atoms with Crippen LogP contribution in [0.4, 0.5) is 10.5 Å². The van der Waals surface area contributed by atoms with Crippen molar-refractivity contribution in [1.82, 2.24) is 15.1 Å². The van der Waals surface area contributed by atoms with Gasteiger partial charge >= 0.3 is 6.03 Å². The Balaban J connectivity index is 2.00. The Hall–Kier alpha value is -2.08. The molecule has 2 aromatic rings. The van der Waals surface area contributed by atoms with E-state index < -0.39 is 6.10 Å². The first kappa shape index (κ1) is 15.3. The lowest BCUT2D eigenvalue weighted by Crippen LogP contribution is -2.30. The molecule has 6 heteroatoms. The molecule has 0 radical (unpaired) electrons. The summed E-state index contributed by atoms with van der Waals surface area (Å²) in [6.45, 7) is 6.28. The first-order chi connectivity index (χ1) is 9.95. The molecule has 1 aromatic carbocycles. The molecule has 0 aliphatic heterocycles. The van der Waals surface area contributed by atoms with Crippen molar-refractivity contribution in [1.29, 1.82) is 0 Å². The minimum absolute atomic E-state index is 0.272. The van der Waals surface area contributed by atoms with E-state index in [0.717, 1.165) is 16.6 Å². The standard InChI is InChI=1S/C15H22N4O2/c1-10(2)19-9-12-8-13(4-5-14(12)18-19)17-15(21)16-7-6-11(3)20/h4-5,8-11,20H,6-7H2,1-3H3,(H2,16,17,21). The third kappa shape index (κ3) is 4.19. The number of aliphatic hydroxyl groups is 1. The molecule has 3 N–H and O–H groups in total. The van der Waals surface area contributed by atoms with Crippen LogP contribution in [0.25, 0.3) is 10.9 Å². The fourth-order valence-corrected chi connectivity index (χ4v) is 1.96. The molecule has 1 heterocycles. The van der Waals surface area contributed by atoms with Gasteiger partial charge in [0.25, 0.3) is 0 Å². The number of aromatic nitrogens is 2. The number of rotatable bonds is 5. The second-order valence-electron chi connectivity index (χ2n) is 5.50. The average Bonchev–Trinajstić information content (AvgIpc) is 2.81. The van der Waals surface area contributed by atoms with Crippen molar-refractivity contribution >= 4 is 22.6 Å². The van der Waals surface area contributed by atoms with Gasteiger partial charge < -0.3 is 15.7 Å².